The zero-order valence-electron chi connectivity index (χ0n) is 9.71. The number of carbonyl (C=O) groups is 2. The lowest BCUT2D eigenvalue weighted by atomic mass is 10.1. The zero-order valence-corrected chi connectivity index (χ0v) is 11.3. The molecule has 4 nitrogen and oxygen atoms in total. The molecule has 0 fully saturated rings. The molecule has 0 aromatic carbocycles. The number of halogens is 1. The third-order valence-electron chi connectivity index (χ3n) is 2.24. The minimum atomic E-state index is -0.180. The second-order valence-electron chi connectivity index (χ2n) is 3.61. The lowest BCUT2D eigenvalue weighted by molar-refractivity contribution is -0.131. The Morgan fingerprint density at radius 1 is 1.47 bits per heavy atom. The minimum absolute atomic E-state index is 0.0215. The molecule has 0 radical (unpaired) electrons. The standard InChI is InChI=1S/C10H19BrN2O2/c1-5-8(11)10(15)13(4)6-7(2)9(14)12-3/h7-8H,5-6H2,1-4H3,(H,12,14). The van der Waals surface area contributed by atoms with Crippen molar-refractivity contribution in [1.82, 2.24) is 10.2 Å². The molecule has 0 bridgehead atoms. The van der Waals surface area contributed by atoms with Crippen molar-refractivity contribution in [2.45, 2.75) is 25.1 Å². The highest BCUT2D eigenvalue weighted by molar-refractivity contribution is 9.10. The predicted molar refractivity (Wildman–Crippen MR) is 63.9 cm³/mol. The molecule has 2 atom stereocenters. The van der Waals surface area contributed by atoms with Crippen LogP contribution >= 0.6 is 15.9 Å². The summed E-state index contributed by atoms with van der Waals surface area (Å²) in [6.07, 6.45) is 0.748. The van der Waals surface area contributed by atoms with Crippen molar-refractivity contribution < 1.29 is 9.59 Å². The zero-order chi connectivity index (χ0) is 12.0. The van der Waals surface area contributed by atoms with Gasteiger partial charge in [-0.15, -0.1) is 0 Å². The highest BCUT2D eigenvalue weighted by atomic mass is 79.9. The Kier molecular flexibility index (Phi) is 6.56. The quantitative estimate of drug-likeness (QED) is 0.763. The average Bonchev–Trinajstić information content (AvgIpc) is 2.25. The average molecular weight is 279 g/mol. The summed E-state index contributed by atoms with van der Waals surface area (Å²) in [7, 11) is 3.31. The Morgan fingerprint density at radius 3 is 2.40 bits per heavy atom. The van der Waals surface area contributed by atoms with Crippen LogP contribution in [0.3, 0.4) is 0 Å². The second kappa shape index (κ2) is 6.82. The Morgan fingerprint density at radius 2 is 2.00 bits per heavy atom. The Balaban J connectivity index is 4.18. The van der Waals surface area contributed by atoms with Crippen LogP contribution in [0.25, 0.3) is 0 Å². The van der Waals surface area contributed by atoms with Crippen LogP contribution in [0.4, 0.5) is 0 Å². The van der Waals surface area contributed by atoms with E-state index in [4.69, 9.17) is 0 Å². The molecule has 5 heteroatoms. The number of hydrogen-bond acceptors (Lipinski definition) is 2. The van der Waals surface area contributed by atoms with Crippen molar-refractivity contribution in [3.05, 3.63) is 0 Å². The maximum atomic E-state index is 11.7. The first-order chi connectivity index (χ1) is 6.93. The molecular weight excluding hydrogens is 260 g/mol. The molecule has 0 aliphatic heterocycles. The van der Waals surface area contributed by atoms with Gasteiger partial charge in [0, 0.05) is 20.6 Å². The summed E-state index contributed by atoms with van der Waals surface area (Å²) < 4.78 is 0. The molecule has 88 valence electrons. The molecule has 0 rings (SSSR count). The van der Waals surface area contributed by atoms with Gasteiger partial charge in [0.05, 0.1) is 10.7 Å². The molecular formula is C10H19BrN2O2. The van der Waals surface area contributed by atoms with Gasteiger partial charge >= 0.3 is 0 Å². The fraction of sp³-hybridized carbons (Fsp3) is 0.800. The number of rotatable bonds is 5. The molecule has 2 unspecified atom stereocenters. The van der Waals surface area contributed by atoms with Gasteiger partial charge in [-0.1, -0.05) is 29.8 Å². The minimum Gasteiger partial charge on any atom is -0.359 e. The van der Waals surface area contributed by atoms with Crippen LogP contribution in [0.2, 0.25) is 0 Å². The second-order valence-corrected chi connectivity index (χ2v) is 4.72. The lowest BCUT2D eigenvalue weighted by Gasteiger charge is -2.22. The summed E-state index contributed by atoms with van der Waals surface area (Å²) in [6, 6.07) is 0. The summed E-state index contributed by atoms with van der Waals surface area (Å²) in [4.78, 5) is 24.3. The Bertz CT molecular complexity index is 233. The van der Waals surface area contributed by atoms with Gasteiger partial charge < -0.3 is 10.2 Å². The lowest BCUT2D eigenvalue weighted by Crippen LogP contribution is -2.40. The number of nitrogens with one attached hydrogen (secondary N) is 1. The smallest absolute Gasteiger partial charge is 0.236 e. The van der Waals surface area contributed by atoms with Crippen molar-refractivity contribution in [2.24, 2.45) is 5.92 Å². The van der Waals surface area contributed by atoms with E-state index in [2.05, 4.69) is 21.2 Å². The third-order valence-corrected chi connectivity index (χ3v) is 3.28. The van der Waals surface area contributed by atoms with Crippen molar-refractivity contribution in [1.29, 1.82) is 0 Å². The first-order valence-electron chi connectivity index (χ1n) is 5.04. The van der Waals surface area contributed by atoms with Gasteiger partial charge in [0.1, 0.15) is 0 Å². The predicted octanol–water partition coefficient (Wildman–Crippen LogP) is 1.00. The summed E-state index contributed by atoms with van der Waals surface area (Å²) in [6.45, 7) is 4.19. The van der Waals surface area contributed by atoms with Gasteiger partial charge in [-0.05, 0) is 6.42 Å². The van der Waals surface area contributed by atoms with Gasteiger partial charge in [-0.2, -0.15) is 0 Å². The molecule has 0 aromatic rings. The normalized spacial score (nSPS) is 14.2. The van der Waals surface area contributed by atoms with Crippen LogP contribution in [-0.2, 0) is 9.59 Å². The molecule has 2 amide bonds. The van der Waals surface area contributed by atoms with Crippen LogP contribution in [0.15, 0.2) is 0 Å². The molecule has 0 spiro atoms. The molecule has 0 saturated carbocycles. The molecule has 0 heterocycles. The Labute approximate surface area is 99.5 Å². The molecule has 0 aliphatic carbocycles. The molecule has 15 heavy (non-hydrogen) atoms. The maximum absolute atomic E-state index is 11.7. The fourth-order valence-electron chi connectivity index (χ4n) is 1.24. The van der Waals surface area contributed by atoms with Crippen LogP contribution in [0, 0.1) is 5.92 Å². The van der Waals surface area contributed by atoms with Gasteiger partial charge in [0.15, 0.2) is 0 Å². The van der Waals surface area contributed by atoms with E-state index in [1.807, 2.05) is 6.92 Å². The van der Waals surface area contributed by atoms with E-state index < -0.39 is 0 Å². The molecule has 0 aromatic heterocycles. The molecule has 1 N–H and O–H groups in total. The molecule has 0 saturated heterocycles. The van der Waals surface area contributed by atoms with E-state index in [1.54, 1.807) is 25.9 Å². The summed E-state index contributed by atoms with van der Waals surface area (Å²) >= 11 is 3.30. The van der Waals surface area contributed by atoms with Gasteiger partial charge in [0.25, 0.3) is 0 Å². The van der Waals surface area contributed by atoms with E-state index in [9.17, 15) is 9.59 Å². The number of nitrogens with zero attached hydrogens (tertiary/aromatic N) is 1. The van der Waals surface area contributed by atoms with Crippen LogP contribution in [-0.4, -0.2) is 42.2 Å². The number of hydrogen-bond donors (Lipinski definition) is 1. The first-order valence-corrected chi connectivity index (χ1v) is 5.96. The van der Waals surface area contributed by atoms with Crippen molar-refractivity contribution in [2.75, 3.05) is 20.6 Å². The summed E-state index contributed by atoms with van der Waals surface area (Å²) in [5.74, 6) is -0.203. The third kappa shape index (κ3) is 4.64. The number of carbonyl (C=O) groups excluding carboxylic acids is 2. The Hall–Kier alpha value is -0.580. The largest absolute Gasteiger partial charge is 0.359 e. The molecule has 0 aliphatic rings. The monoisotopic (exact) mass is 278 g/mol. The topological polar surface area (TPSA) is 49.4 Å². The van der Waals surface area contributed by atoms with Gasteiger partial charge in [-0.25, -0.2) is 0 Å². The van der Waals surface area contributed by atoms with Gasteiger partial charge in [-0.3, -0.25) is 9.59 Å². The highest BCUT2D eigenvalue weighted by Crippen LogP contribution is 2.09. The van der Waals surface area contributed by atoms with Gasteiger partial charge in [0.2, 0.25) is 11.8 Å². The van der Waals surface area contributed by atoms with Crippen LogP contribution in [0.1, 0.15) is 20.3 Å². The van der Waals surface area contributed by atoms with Crippen molar-refractivity contribution >= 4 is 27.7 Å². The van der Waals surface area contributed by atoms with E-state index in [-0.39, 0.29) is 22.6 Å². The van der Waals surface area contributed by atoms with E-state index in [0.29, 0.717) is 6.54 Å². The van der Waals surface area contributed by atoms with E-state index >= 15 is 0 Å². The summed E-state index contributed by atoms with van der Waals surface area (Å²) in [5.41, 5.74) is 0. The van der Waals surface area contributed by atoms with Crippen LogP contribution < -0.4 is 5.32 Å². The van der Waals surface area contributed by atoms with Crippen LogP contribution in [0.5, 0.6) is 0 Å². The van der Waals surface area contributed by atoms with E-state index in [1.165, 1.54) is 0 Å². The summed E-state index contributed by atoms with van der Waals surface area (Å²) in [5, 5.41) is 2.56. The van der Waals surface area contributed by atoms with E-state index in [0.717, 1.165) is 6.42 Å². The highest BCUT2D eigenvalue weighted by Gasteiger charge is 2.21. The number of amides is 2. The van der Waals surface area contributed by atoms with Crippen molar-refractivity contribution in [3.8, 4) is 0 Å². The van der Waals surface area contributed by atoms with Crippen molar-refractivity contribution in [3.63, 3.8) is 0 Å². The SMILES string of the molecule is CCC(Br)C(=O)N(C)CC(C)C(=O)NC. The fourth-order valence-corrected chi connectivity index (χ4v) is 1.59. The first kappa shape index (κ1) is 14.4. The number of alkyl halides is 1. The maximum Gasteiger partial charge on any atom is 0.236 e.